The fourth-order valence-corrected chi connectivity index (χ4v) is 2.25. The van der Waals surface area contributed by atoms with Crippen LogP contribution >= 0.6 is 0 Å². The van der Waals surface area contributed by atoms with E-state index in [2.05, 4.69) is 15.0 Å². The Hall–Kier alpha value is -1.66. The lowest BCUT2D eigenvalue weighted by Gasteiger charge is -2.09. The second kappa shape index (κ2) is 5.32. The number of fused-ring (bicyclic) bond motifs is 1. The molecule has 0 aliphatic rings. The Bertz CT molecular complexity index is 635. The second-order valence-corrected chi connectivity index (χ2v) is 5.87. The van der Waals surface area contributed by atoms with Gasteiger partial charge in [0.25, 0.3) is 0 Å². The Labute approximate surface area is 106 Å². The largest absolute Gasteiger partial charge is 0.383 e. The highest BCUT2D eigenvalue weighted by Crippen LogP contribution is 2.20. The van der Waals surface area contributed by atoms with E-state index in [0.717, 1.165) is 16.6 Å². The number of aromatic nitrogens is 1. The molecular weight excluding hydrogens is 250 g/mol. The van der Waals surface area contributed by atoms with Gasteiger partial charge in [0.2, 0.25) is 10.0 Å². The first-order valence-corrected chi connectivity index (χ1v) is 7.26. The van der Waals surface area contributed by atoms with Crippen molar-refractivity contribution in [1.29, 1.82) is 0 Å². The maximum Gasteiger partial charge on any atom is 0.213 e. The summed E-state index contributed by atoms with van der Waals surface area (Å²) in [6, 6.07) is 9.57. The fraction of sp³-hybridized carbons (Fsp3) is 0.250. The van der Waals surface area contributed by atoms with E-state index in [0.29, 0.717) is 6.54 Å². The first kappa shape index (κ1) is 12.8. The lowest BCUT2D eigenvalue weighted by Crippen LogP contribution is -2.26. The van der Waals surface area contributed by atoms with Gasteiger partial charge in [-0.3, -0.25) is 4.98 Å². The topological polar surface area (TPSA) is 71.1 Å². The maximum atomic E-state index is 11.3. The van der Waals surface area contributed by atoms with Crippen LogP contribution in [0.15, 0.2) is 36.5 Å². The fourth-order valence-electron chi connectivity index (χ4n) is 1.67. The van der Waals surface area contributed by atoms with Crippen LogP contribution in [0.3, 0.4) is 0 Å². The SMILES string of the molecule is CNS(=O)(=O)CCNc1ccnc2ccccc12. The highest BCUT2D eigenvalue weighted by molar-refractivity contribution is 7.89. The first-order valence-electron chi connectivity index (χ1n) is 5.61. The zero-order valence-corrected chi connectivity index (χ0v) is 10.9. The van der Waals surface area contributed by atoms with Gasteiger partial charge in [-0.2, -0.15) is 0 Å². The summed E-state index contributed by atoms with van der Waals surface area (Å²) in [5.74, 6) is 0.0418. The van der Waals surface area contributed by atoms with Gasteiger partial charge in [0.05, 0.1) is 11.3 Å². The van der Waals surface area contributed by atoms with Crippen LogP contribution in [0, 0.1) is 0 Å². The lowest BCUT2D eigenvalue weighted by molar-refractivity contribution is 0.588. The number of nitrogens with zero attached hydrogens (tertiary/aromatic N) is 1. The number of pyridine rings is 1. The normalized spacial score (nSPS) is 11.6. The number of hydrogen-bond acceptors (Lipinski definition) is 4. The number of hydrogen-bond donors (Lipinski definition) is 2. The van der Waals surface area contributed by atoms with Crippen molar-refractivity contribution in [3.05, 3.63) is 36.5 Å². The van der Waals surface area contributed by atoms with E-state index >= 15 is 0 Å². The Kier molecular flexibility index (Phi) is 3.78. The standard InChI is InChI=1S/C12H15N3O2S/c1-13-18(16,17)9-8-15-12-6-7-14-11-5-3-2-4-10(11)12/h2-7,13H,8-9H2,1H3,(H,14,15). The van der Waals surface area contributed by atoms with Crippen LogP contribution in [0.25, 0.3) is 10.9 Å². The molecule has 0 amide bonds. The van der Waals surface area contributed by atoms with Gasteiger partial charge < -0.3 is 5.32 Å². The van der Waals surface area contributed by atoms with E-state index in [1.165, 1.54) is 7.05 Å². The average Bonchev–Trinajstić information content (AvgIpc) is 2.39. The highest BCUT2D eigenvalue weighted by Gasteiger charge is 2.06. The van der Waals surface area contributed by atoms with Crippen LogP contribution in [0.2, 0.25) is 0 Å². The summed E-state index contributed by atoms with van der Waals surface area (Å²) >= 11 is 0. The van der Waals surface area contributed by atoms with Gasteiger partial charge in [-0.05, 0) is 19.2 Å². The van der Waals surface area contributed by atoms with E-state index in [9.17, 15) is 8.42 Å². The van der Waals surface area contributed by atoms with Crippen molar-refractivity contribution in [2.24, 2.45) is 0 Å². The van der Waals surface area contributed by atoms with E-state index in [1.807, 2.05) is 30.3 Å². The van der Waals surface area contributed by atoms with Crippen molar-refractivity contribution in [3.63, 3.8) is 0 Å². The van der Waals surface area contributed by atoms with Crippen molar-refractivity contribution < 1.29 is 8.42 Å². The molecule has 1 aromatic carbocycles. The predicted molar refractivity (Wildman–Crippen MR) is 73.1 cm³/mol. The molecule has 2 aromatic rings. The van der Waals surface area contributed by atoms with E-state index in [-0.39, 0.29) is 5.75 Å². The summed E-state index contributed by atoms with van der Waals surface area (Å²) in [7, 11) is -1.76. The highest BCUT2D eigenvalue weighted by atomic mass is 32.2. The molecule has 0 aliphatic carbocycles. The quantitative estimate of drug-likeness (QED) is 0.852. The Morgan fingerprint density at radius 2 is 2.00 bits per heavy atom. The Morgan fingerprint density at radius 3 is 2.78 bits per heavy atom. The lowest BCUT2D eigenvalue weighted by atomic mass is 10.2. The number of para-hydroxylation sites is 1. The zero-order chi connectivity index (χ0) is 13.0. The van der Waals surface area contributed by atoms with Crippen LogP contribution in [0.4, 0.5) is 5.69 Å². The van der Waals surface area contributed by atoms with Gasteiger partial charge in [0.1, 0.15) is 0 Å². The molecule has 1 aromatic heterocycles. The molecule has 5 nitrogen and oxygen atoms in total. The van der Waals surface area contributed by atoms with Crippen molar-refractivity contribution in [2.45, 2.75) is 0 Å². The zero-order valence-electron chi connectivity index (χ0n) is 10.1. The molecule has 0 aliphatic heterocycles. The number of rotatable bonds is 5. The minimum atomic E-state index is -3.17. The molecule has 2 N–H and O–H groups in total. The van der Waals surface area contributed by atoms with Crippen molar-refractivity contribution in [1.82, 2.24) is 9.71 Å². The molecule has 0 spiro atoms. The van der Waals surface area contributed by atoms with Crippen LogP contribution in [0.5, 0.6) is 0 Å². The Balaban J connectivity index is 2.13. The predicted octanol–water partition coefficient (Wildman–Crippen LogP) is 1.20. The smallest absolute Gasteiger partial charge is 0.213 e. The van der Waals surface area contributed by atoms with E-state index in [4.69, 9.17) is 0 Å². The molecule has 1 heterocycles. The minimum Gasteiger partial charge on any atom is -0.383 e. The number of anilines is 1. The van der Waals surface area contributed by atoms with Gasteiger partial charge in [-0.15, -0.1) is 0 Å². The van der Waals surface area contributed by atoms with Crippen molar-refractivity contribution in [3.8, 4) is 0 Å². The molecule has 0 saturated heterocycles. The van der Waals surface area contributed by atoms with E-state index in [1.54, 1.807) is 6.20 Å². The molecular formula is C12H15N3O2S. The minimum absolute atomic E-state index is 0.0418. The molecule has 18 heavy (non-hydrogen) atoms. The third kappa shape index (κ3) is 2.96. The third-order valence-corrected chi connectivity index (χ3v) is 4.01. The van der Waals surface area contributed by atoms with Crippen molar-refractivity contribution in [2.75, 3.05) is 24.7 Å². The Morgan fingerprint density at radius 1 is 1.22 bits per heavy atom. The van der Waals surface area contributed by atoms with Gasteiger partial charge in [0, 0.05) is 23.8 Å². The number of benzene rings is 1. The number of nitrogens with one attached hydrogen (secondary N) is 2. The van der Waals surface area contributed by atoms with Gasteiger partial charge in [0.15, 0.2) is 0 Å². The summed E-state index contributed by atoms with van der Waals surface area (Å²) in [4.78, 5) is 4.24. The molecule has 6 heteroatoms. The summed E-state index contributed by atoms with van der Waals surface area (Å²) < 4.78 is 24.9. The monoisotopic (exact) mass is 265 g/mol. The molecule has 0 bridgehead atoms. The van der Waals surface area contributed by atoms with Crippen LogP contribution in [-0.4, -0.2) is 32.7 Å². The maximum absolute atomic E-state index is 11.3. The molecule has 96 valence electrons. The summed E-state index contributed by atoms with van der Waals surface area (Å²) in [6.45, 7) is 0.358. The molecule has 2 rings (SSSR count). The number of sulfonamides is 1. The second-order valence-electron chi connectivity index (χ2n) is 3.83. The van der Waals surface area contributed by atoms with Gasteiger partial charge in [-0.1, -0.05) is 18.2 Å². The van der Waals surface area contributed by atoms with Gasteiger partial charge in [-0.25, -0.2) is 13.1 Å². The summed E-state index contributed by atoms with van der Waals surface area (Å²) in [5.41, 5.74) is 1.78. The van der Waals surface area contributed by atoms with Crippen LogP contribution < -0.4 is 10.0 Å². The summed E-state index contributed by atoms with van der Waals surface area (Å²) in [6.07, 6.45) is 1.71. The van der Waals surface area contributed by atoms with Crippen LogP contribution in [-0.2, 0) is 10.0 Å². The van der Waals surface area contributed by atoms with Gasteiger partial charge >= 0.3 is 0 Å². The molecule has 0 saturated carbocycles. The molecule has 0 unspecified atom stereocenters. The van der Waals surface area contributed by atoms with E-state index < -0.39 is 10.0 Å². The van der Waals surface area contributed by atoms with Crippen molar-refractivity contribution >= 4 is 26.6 Å². The first-order chi connectivity index (χ1) is 8.62. The van der Waals surface area contributed by atoms with Crippen LogP contribution in [0.1, 0.15) is 0 Å². The molecule has 0 fully saturated rings. The molecule has 0 atom stereocenters. The summed E-state index contributed by atoms with van der Waals surface area (Å²) in [5, 5.41) is 4.11. The third-order valence-electron chi connectivity index (χ3n) is 2.65. The average molecular weight is 265 g/mol. The molecule has 0 radical (unpaired) electrons.